The van der Waals surface area contributed by atoms with Gasteiger partial charge < -0.3 is 10.5 Å². The average Bonchev–Trinajstić information content (AvgIpc) is 2.62. The summed E-state index contributed by atoms with van der Waals surface area (Å²) in [6.45, 7) is 1.31. The Labute approximate surface area is 81.5 Å². The van der Waals surface area contributed by atoms with Gasteiger partial charge in [-0.2, -0.15) is 5.10 Å². The molecule has 5 nitrogen and oxygen atoms in total. The van der Waals surface area contributed by atoms with Gasteiger partial charge in [0.25, 0.3) is 5.56 Å². The molecule has 1 unspecified atom stereocenters. The number of aromatic nitrogens is 2. The Hall–Kier alpha value is -1.36. The lowest BCUT2D eigenvalue weighted by molar-refractivity contribution is 0.0927. The second kappa shape index (κ2) is 3.79. The van der Waals surface area contributed by atoms with Crippen LogP contribution in [0.5, 0.6) is 0 Å². The lowest BCUT2D eigenvalue weighted by Gasteiger charge is -2.09. The van der Waals surface area contributed by atoms with E-state index in [1.807, 2.05) is 0 Å². The number of ether oxygens (including phenoxy) is 1. The Morgan fingerprint density at radius 1 is 1.71 bits per heavy atom. The van der Waals surface area contributed by atoms with Crippen molar-refractivity contribution in [1.29, 1.82) is 0 Å². The molecule has 1 fully saturated rings. The van der Waals surface area contributed by atoms with E-state index in [4.69, 9.17) is 10.5 Å². The van der Waals surface area contributed by atoms with Crippen LogP contribution in [0.3, 0.4) is 0 Å². The SMILES string of the molecule is Nc1cnn(CC2CCCO2)c(=O)c1. The summed E-state index contributed by atoms with van der Waals surface area (Å²) in [6.07, 6.45) is 3.67. The maximum atomic E-state index is 11.4. The van der Waals surface area contributed by atoms with Crippen LogP contribution in [-0.4, -0.2) is 22.5 Å². The predicted octanol–water partition coefficient (Wildman–Crippen LogP) is 0.00450. The van der Waals surface area contributed by atoms with Gasteiger partial charge in [-0.25, -0.2) is 4.68 Å². The first kappa shape index (κ1) is 9.21. The highest BCUT2D eigenvalue weighted by atomic mass is 16.5. The molecule has 76 valence electrons. The fraction of sp³-hybridized carbons (Fsp3) is 0.556. The van der Waals surface area contributed by atoms with Crippen LogP contribution in [-0.2, 0) is 11.3 Å². The first-order valence-corrected chi connectivity index (χ1v) is 4.70. The van der Waals surface area contributed by atoms with Gasteiger partial charge in [-0.15, -0.1) is 0 Å². The largest absolute Gasteiger partial charge is 0.397 e. The highest BCUT2D eigenvalue weighted by Crippen LogP contribution is 2.12. The molecule has 2 N–H and O–H groups in total. The van der Waals surface area contributed by atoms with Crippen molar-refractivity contribution in [3.63, 3.8) is 0 Å². The molecule has 0 aromatic carbocycles. The number of anilines is 1. The standard InChI is InChI=1S/C9H13N3O2/c10-7-4-9(13)12(11-5-7)6-8-2-1-3-14-8/h4-5,8H,1-3,6,10H2. The quantitative estimate of drug-likeness (QED) is 0.721. The number of nitrogens with zero attached hydrogens (tertiary/aromatic N) is 2. The zero-order chi connectivity index (χ0) is 9.97. The van der Waals surface area contributed by atoms with Crippen LogP contribution < -0.4 is 11.3 Å². The van der Waals surface area contributed by atoms with Crippen LogP contribution in [0.15, 0.2) is 17.1 Å². The molecule has 0 aliphatic carbocycles. The molecule has 5 heteroatoms. The first-order valence-electron chi connectivity index (χ1n) is 4.70. The zero-order valence-electron chi connectivity index (χ0n) is 7.85. The van der Waals surface area contributed by atoms with E-state index in [0.29, 0.717) is 12.2 Å². The lowest BCUT2D eigenvalue weighted by Crippen LogP contribution is -2.28. The van der Waals surface area contributed by atoms with E-state index in [0.717, 1.165) is 19.4 Å². The van der Waals surface area contributed by atoms with Gasteiger partial charge in [0.2, 0.25) is 0 Å². The molecule has 0 amide bonds. The zero-order valence-corrected chi connectivity index (χ0v) is 7.85. The Kier molecular flexibility index (Phi) is 2.49. The van der Waals surface area contributed by atoms with Gasteiger partial charge in [0.15, 0.2) is 0 Å². The van der Waals surface area contributed by atoms with E-state index < -0.39 is 0 Å². The molecule has 0 spiro atoms. The second-order valence-electron chi connectivity index (χ2n) is 3.44. The van der Waals surface area contributed by atoms with E-state index in [2.05, 4.69) is 5.10 Å². The van der Waals surface area contributed by atoms with Crippen LogP contribution in [0.1, 0.15) is 12.8 Å². The third-order valence-corrected chi connectivity index (χ3v) is 2.29. The fourth-order valence-electron chi connectivity index (χ4n) is 1.57. The molecular weight excluding hydrogens is 182 g/mol. The molecule has 1 saturated heterocycles. The average molecular weight is 195 g/mol. The van der Waals surface area contributed by atoms with E-state index in [1.165, 1.54) is 16.9 Å². The molecule has 1 aromatic rings. The van der Waals surface area contributed by atoms with Crippen molar-refractivity contribution in [1.82, 2.24) is 9.78 Å². The van der Waals surface area contributed by atoms with Crippen molar-refractivity contribution in [2.24, 2.45) is 0 Å². The van der Waals surface area contributed by atoms with Crippen LogP contribution in [0.2, 0.25) is 0 Å². The second-order valence-corrected chi connectivity index (χ2v) is 3.44. The number of nitrogens with two attached hydrogens (primary N) is 1. The number of rotatable bonds is 2. The third kappa shape index (κ3) is 1.93. The first-order chi connectivity index (χ1) is 6.75. The van der Waals surface area contributed by atoms with E-state index >= 15 is 0 Å². The summed E-state index contributed by atoms with van der Waals surface area (Å²) in [4.78, 5) is 11.4. The van der Waals surface area contributed by atoms with Gasteiger partial charge in [0.1, 0.15) is 0 Å². The van der Waals surface area contributed by atoms with E-state index in [1.54, 1.807) is 0 Å². The minimum Gasteiger partial charge on any atom is -0.397 e. The summed E-state index contributed by atoms with van der Waals surface area (Å²) in [5.74, 6) is 0. The Balaban J connectivity index is 2.12. The summed E-state index contributed by atoms with van der Waals surface area (Å²) in [5.41, 5.74) is 5.66. The highest BCUT2D eigenvalue weighted by molar-refractivity contribution is 5.31. The lowest BCUT2D eigenvalue weighted by atomic mass is 10.2. The van der Waals surface area contributed by atoms with Gasteiger partial charge in [0, 0.05) is 12.7 Å². The van der Waals surface area contributed by atoms with Crippen LogP contribution in [0.25, 0.3) is 0 Å². The molecule has 0 bridgehead atoms. The van der Waals surface area contributed by atoms with Gasteiger partial charge in [0.05, 0.1) is 24.5 Å². The molecule has 2 rings (SSSR count). The smallest absolute Gasteiger partial charge is 0.268 e. The summed E-state index contributed by atoms with van der Waals surface area (Å²) < 4.78 is 6.81. The number of hydrogen-bond donors (Lipinski definition) is 1. The number of nitrogen functional groups attached to an aromatic ring is 1. The summed E-state index contributed by atoms with van der Waals surface area (Å²) in [6, 6.07) is 1.38. The molecule has 1 aromatic heterocycles. The molecule has 14 heavy (non-hydrogen) atoms. The fourth-order valence-corrected chi connectivity index (χ4v) is 1.57. The van der Waals surface area contributed by atoms with Gasteiger partial charge >= 0.3 is 0 Å². The van der Waals surface area contributed by atoms with Crippen molar-refractivity contribution >= 4 is 5.69 Å². The van der Waals surface area contributed by atoms with Crippen LogP contribution in [0.4, 0.5) is 5.69 Å². The van der Waals surface area contributed by atoms with Crippen LogP contribution >= 0.6 is 0 Å². The van der Waals surface area contributed by atoms with E-state index in [-0.39, 0.29) is 11.7 Å². The van der Waals surface area contributed by atoms with E-state index in [9.17, 15) is 4.79 Å². The number of hydrogen-bond acceptors (Lipinski definition) is 4. The van der Waals surface area contributed by atoms with Crippen LogP contribution in [0, 0.1) is 0 Å². The molecule has 1 atom stereocenters. The van der Waals surface area contributed by atoms with Crippen molar-refractivity contribution < 1.29 is 4.74 Å². The predicted molar refractivity (Wildman–Crippen MR) is 51.9 cm³/mol. The van der Waals surface area contributed by atoms with Crippen molar-refractivity contribution in [3.05, 3.63) is 22.6 Å². The minimum absolute atomic E-state index is 0.129. The Morgan fingerprint density at radius 3 is 3.21 bits per heavy atom. The van der Waals surface area contributed by atoms with Gasteiger partial charge in [-0.1, -0.05) is 0 Å². The Morgan fingerprint density at radius 2 is 2.57 bits per heavy atom. The molecule has 0 radical (unpaired) electrons. The van der Waals surface area contributed by atoms with Crippen molar-refractivity contribution in [3.8, 4) is 0 Å². The molecule has 1 aliphatic rings. The normalized spacial score (nSPS) is 21.3. The van der Waals surface area contributed by atoms with Gasteiger partial charge in [-0.05, 0) is 12.8 Å². The monoisotopic (exact) mass is 195 g/mol. The Bertz CT molecular complexity index is 369. The molecule has 0 saturated carbocycles. The summed E-state index contributed by atoms with van der Waals surface area (Å²) in [7, 11) is 0. The molecular formula is C9H13N3O2. The summed E-state index contributed by atoms with van der Waals surface area (Å²) in [5, 5.41) is 3.94. The molecule has 2 heterocycles. The molecule has 1 aliphatic heterocycles. The highest BCUT2D eigenvalue weighted by Gasteiger charge is 2.16. The third-order valence-electron chi connectivity index (χ3n) is 2.29. The summed E-state index contributed by atoms with van der Waals surface area (Å²) >= 11 is 0. The van der Waals surface area contributed by atoms with Crippen molar-refractivity contribution in [2.75, 3.05) is 12.3 Å². The van der Waals surface area contributed by atoms with Gasteiger partial charge in [-0.3, -0.25) is 4.79 Å². The maximum absolute atomic E-state index is 11.4. The minimum atomic E-state index is -0.166. The topological polar surface area (TPSA) is 70.1 Å². The van der Waals surface area contributed by atoms with Crippen molar-refractivity contribution in [2.45, 2.75) is 25.5 Å². The maximum Gasteiger partial charge on any atom is 0.268 e.